The number of benzene rings is 1. The average molecular weight is 208 g/mol. The second-order valence-electron chi connectivity index (χ2n) is 3.82. The van der Waals surface area contributed by atoms with Crippen LogP contribution in [-0.2, 0) is 0 Å². The van der Waals surface area contributed by atoms with Gasteiger partial charge in [0, 0.05) is 10.1 Å². The first kappa shape index (κ1) is 10.1. The lowest BCUT2D eigenvalue weighted by Gasteiger charge is -2.26. The number of hydrogen-bond donors (Lipinski definition) is 1. The molecule has 1 aliphatic carbocycles. The fourth-order valence-electron chi connectivity index (χ4n) is 1.89. The third kappa shape index (κ3) is 2.52. The molecule has 1 aromatic rings. The number of aliphatic hydroxyl groups excluding tert-OH is 1. The summed E-state index contributed by atoms with van der Waals surface area (Å²) in [6, 6.07) is 10.4. The molecule has 2 rings (SSSR count). The maximum Gasteiger partial charge on any atom is 0.0662 e. The maximum absolute atomic E-state index is 9.81. The maximum atomic E-state index is 9.81. The molecule has 0 spiro atoms. The number of rotatable bonds is 2. The van der Waals surface area contributed by atoms with E-state index in [2.05, 4.69) is 24.3 Å². The van der Waals surface area contributed by atoms with Crippen molar-refractivity contribution in [2.24, 2.45) is 0 Å². The van der Waals surface area contributed by atoms with Gasteiger partial charge in [0.2, 0.25) is 0 Å². The highest BCUT2D eigenvalue weighted by atomic mass is 32.2. The Morgan fingerprint density at radius 3 is 2.50 bits per heavy atom. The quantitative estimate of drug-likeness (QED) is 0.806. The van der Waals surface area contributed by atoms with E-state index >= 15 is 0 Å². The van der Waals surface area contributed by atoms with Crippen molar-refractivity contribution < 1.29 is 5.11 Å². The molecule has 2 atom stereocenters. The van der Waals surface area contributed by atoms with Crippen LogP contribution in [0.3, 0.4) is 0 Å². The summed E-state index contributed by atoms with van der Waals surface area (Å²) in [5.41, 5.74) is 0. The molecular weight excluding hydrogens is 192 g/mol. The van der Waals surface area contributed by atoms with Crippen molar-refractivity contribution in [2.45, 2.75) is 41.9 Å². The van der Waals surface area contributed by atoms with Crippen LogP contribution in [0.15, 0.2) is 35.2 Å². The van der Waals surface area contributed by atoms with Crippen molar-refractivity contribution in [1.82, 2.24) is 0 Å². The summed E-state index contributed by atoms with van der Waals surface area (Å²) in [7, 11) is 0. The van der Waals surface area contributed by atoms with E-state index < -0.39 is 0 Å². The molecule has 1 fully saturated rings. The van der Waals surface area contributed by atoms with E-state index in [0.717, 1.165) is 12.8 Å². The Balaban J connectivity index is 1.96. The number of hydrogen-bond acceptors (Lipinski definition) is 2. The van der Waals surface area contributed by atoms with Gasteiger partial charge in [0.1, 0.15) is 0 Å². The van der Waals surface area contributed by atoms with Crippen LogP contribution in [0.2, 0.25) is 0 Å². The van der Waals surface area contributed by atoms with E-state index in [4.69, 9.17) is 0 Å². The first-order chi connectivity index (χ1) is 6.86. The summed E-state index contributed by atoms with van der Waals surface area (Å²) in [5, 5.41) is 10.2. The predicted octanol–water partition coefficient (Wildman–Crippen LogP) is 3.08. The SMILES string of the molecule is O[C@@H]1CCCC[C@@H]1Sc1ccccc1. The second kappa shape index (κ2) is 4.85. The van der Waals surface area contributed by atoms with Crippen LogP contribution < -0.4 is 0 Å². The molecule has 1 aliphatic rings. The zero-order valence-corrected chi connectivity index (χ0v) is 9.04. The van der Waals surface area contributed by atoms with Crippen molar-refractivity contribution in [3.05, 3.63) is 30.3 Å². The van der Waals surface area contributed by atoms with Crippen LogP contribution in [0, 0.1) is 0 Å². The van der Waals surface area contributed by atoms with Gasteiger partial charge in [0.15, 0.2) is 0 Å². The number of aliphatic hydroxyl groups is 1. The highest BCUT2D eigenvalue weighted by molar-refractivity contribution is 8.00. The molecule has 0 unspecified atom stereocenters. The van der Waals surface area contributed by atoms with Crippen molar-refractivity contribution in [1.29, 1.82) is 0 Å². The Morgan fingerprint density at radius 2 is 1.79 bits per heavy atom. The molecule has 1 N–H and O–H groups in total. The third-order valence-corrected chi connectivity index (χ3v) is 4.10. The summed E-state index contributed by atoms with van der Waals surface area (Å²) in [5.74, 6) is 0. The van der Waals surface area contributed by atoms with Crippen LogP contribution in [-0.4, -0.2) is 16.5 Å². The van der Waals surface area contributed by atoms with Gasteiger partial charge in [0.05, 0.1) is 6.10 Å². The minimum absolute atomic E-state index is 0.103. The Bertz CT molecular complexity index is 273. The van der Waals surface area contributed by atoms with E-state index in [-0.39, 0.29) is 6.10 Å². The van der Waals surface area contributed by atoms with Crippen molar-refractivity contribution in [3.63, 3.8) is 0 Å². The lowest BCUT2D eigenvalue weighted by Crippen LogP contribution is -2.26. The van der Waals surface area contributed by atoms with E-state index in [1.807, 2.05) is 17.8 Å². The van der Waals surface area contributed by atoms with Crippen molar-refractivity contribution in [3.8, 4) is 0 Å². The lowest BCUT2D eigenvalue weighted by molar-refractivity contribution is 0.137. The van der Waals surface area contributed by atoms with Gasteiger partial charge in [-0.3, -0.25) is 0 Å². The van der Waals surface area contributed by atoms with E-state index in [1.165, 1.54) is 17.7 Å². The van der Waals surface area contributed by atoms with Gasteiger partial charge < -0.3 is 5.11 Å². The molecule has 0 radical (unpaired) electrons. The van der Waals surface area contributed by atoms with Crippen LogP contribution in [0.4, 0.5) is 0 Å². The smallest absolute Gasteiger partial charge is 0.0662 e. The second-order valence-corrected chi connectivity index (χ2v) is 5.13. The topological polar surface area (TPSA) is 20.2 Å². The van der Waals surface area contributed by atoms with Crippen LogP contribution in [0.5, 0.6) is 0 Å². The third-order valence-electron chi connectivity index (χ3n) is 2.70. The molecule has 0 heterocycles. The minimum Gasteiger partial charge on any atom is -0.392 e. The van der Waals surface area contributed by atoms with Gasteiger partial charge in [0.25, 0.3) is 0 Å². The Morgan fingerprint density at radius 1 is 1.07 bits per heavy atom. The molecule has 1 aromatic carbocycles. The largest absolute Gasteiger partial charge is 0.392 e. The highest BCUT2D eigenvalue weighted by Gasteiger charge is 2.23. The molecular formula is C12H16OS. The van der Waals surface area contributed by atoms with E-state index in [9.17, 15) is 5.11 Å². The normalized spacial score (nSPS) is 27.5. The van der Waals surface area contributed by atoms with Crippen LogP contribution in [0.1, 0.15) is 25.7 Å². The molecule has 0 bridgehead atoms. The summed E-state index contributed by atoms with van der Waals surface area (Å²) in [6.45, 7) is 0. The summed E-state index contributed by atoms with van der Waals surface area (Å²) in [6.07, 6.45) is 4.48. The molecule has 0 saturated heterocycles. The van der Waals surface area contributed by atoms with Crippen molar-refractivity contribution in [2.75, 3.05) is 0 Å². The molecule has 2 heteroatoms. The zero-order valence-electron chi connectivity index (χ0n) is 8.23. The molecule has 0 aliphatic heterocycles. The molecule has 1 nitrogen and oxygen atoms in total. The first-order valence-corrected chi connectivity index (χ1v) is 6.14. The van der Waals surface area contributed by atoms with Gasteiger partial charge >= 0.3 is 0 Å². The van der Waals surface area contributed by atoms with E-state index in [1.54, 1.807) is 0 Å². The molecule has 1 saturated carbocycles. The van der Waals surface area contributed by atoms with Crippen LogP contribution >= 0.6 is 11.8 Å². The summed E-state index contributed by atoms with van der Waals surface area (Å²) < 4.78 is 0. The summed E-state index contributed by atoms with van der Waals surface area (Å²) >= 11 is 1.82. The van der Waals surface area contributed by atoms with Gasteiger partial charge in [-0.15, -0.1) is 11.8 Å². The van der Waals surface area contributed by atoms with Gasteiger partial charge in [-0.05, 0) is 25.0 Å². The zero-order chi connectivity index (χ0) is 9.80. The number of thioether (sulfide) groups is 1. The highest BCUT2D eigenvalue weighted by Crippen LogP contribution is 2.33. The van der Waals surface area contributed by atoms with E-state index in [0.29, 0.717) is 5.25 Å². The molecule has 0 amide bonds. The van der Waals surface area contributed by atoms with Crippen molar-refractivity contribution >= 4 is 11.8 Å². The fraction of sp³-hybridized carbons (Fsp3) is 0.500. The predicted molar refractivity (Wildman–Crippen MR) is 60.6 cm³/mol. The Hall–Kier alpha value is -0.470. The average Bonchev–Trinajstić information content (AvgIpc) is 2.23. The Labute approximate surface area is 89.5 Å². The summed E-state index contributed by atoms with van der Waals surface area (Å²) in [4.78, 5) is 1.28. The molecule has 0 aromatic heterocycles. The lowest BCUT2D eigenvalue weighted by atomic mass is 9.97. The fourth-order valence-corrected chi connectivity index (χ4v) is 3.13. The van der Waals surface area contributed by atoms with Crippen LogP contribution in [0.25, 0.3) is 0 Å². The minimum atomic E-state index is -0.103. The molecule has 14 heavy (non-hydrogen) atoms. The molecule has 76 valence electrons. The van der Waals surface area contributed by atoms with Gasteiger partial charge in [-0.25, -0.2) is 0 Å². The van der Waals surface area contributed by atoms with Gasteiger partial charge in [-0.2, -0.15) is 0 Å². The first-order valence-electron chi connectivity index (χ1n) is 5.26. The Kier molecular flexibility index (Phi) is 3.49. The van der Waals surface area contributed by atoms with Gasteiger partial charge in [-0.1, -0.05) is 31.0 Å². The standard InChI is InChI=1S/C12H16OS/c13-11-8-4-5-9-12(11)14-10-6-2-1-3-7-10/h1-3,6-7,11-13H,4-5,8-9H2/t11-,12+/m1/s1. The monoisotopic (exact) mass is 208 g/mol.